The van der Waals surface area contributed by atoms with Gasteiger partial charge in [0.05, 0.1) is 15.4 Å². The second kappa shape index (κ2) is 6.09. The van der Waals surface area contributed by atoms with Crippen molar-refractivity contribution in [1.82, 2.24) is 9.97 Å². The lowest BCUT2D eigenvalue weighted by Crippen LogP contribution is -2.11. The van der Waals surface area contributed by atoms with Gasteiger partial charge in [-0.2, -0.15) is 0 Å². The minimum atomic E-state index is -3.72. The quantitative estimate of drug-likeness (QED) is 0.701. The molecule has 2 aromatic carbocycles. The predicted molar refractivity (Wildman–Crippen MR) is 93.6 cm³/mol. The van der Waals surface area contributed by atoms with Crippen LogP contribution < -0.4 is 10.5 Å². The third-order valence-corrected chi connectivity index (χ3v) is 4.63. The SMILES string of the molecule is C#Cc1ccc2nc(Nc3ccc(S(N)(=O)=O)cc3)ncc2c1Cl. The van der Waals surface area contributed by atoms with E-state index in [2.05, 4.69) is 21.2 Å². The summed E-state index contributed by atoms with van der Waals surface area (Å²) in [6.45, 7) is 0. The summed E-state index contributed by atoms with van der Waals surface area (Å²) in [6, 6.07) is 9.41. The molecule has 3 aromatic rings. The maximum Gasteiger partial charge on any atom is 0.238 e. The molecule has 0 unspecified atom stereocenters. The fourth-order valence-electron chi connectivity index (χ4n) is 2.10. The first-order valence-corrected chi connectivity index (χ1v) is 8.62. The van der Waals surface area contributed by atoms with Crippen molar-refractivity contribution in [3.8, 4) is 12.3 Å². The van der Waals surface area contributed by atoms with Gasteiger partial charge in [0.25, 0.3) is 0 Å². The van der Waals surface area contributed by atoms with Gasteiger partial charge in [-0.3, -0.25) is 0 Å². The van der Waals surface area contributed by atoms with E-state index < -0.39 is 10.0 Å². The number of benzene rings is 2. The maximum absolute atomic E-state index is 11.2. The van der Waals surface area contributed by atoms with E-state index in [0.29, 0.717) is 33.1 Å². The summed E-state index contributed by atoms with van der Waals surface area (Å²) in [6.07, 6.45) is 6.95. The van der Waals surface area contributed by atoms with Crippen LogP contribution in [0.15, 0.2) is 47.5 Å². The average molecular weight is 359 g/mol. The number of terminal acetylenes is 1. The Balaban J connectivity index is 1.92. The summed E-state index contributed by atoms with van der Waals surface area (Å²) >= 11 is 6.20. The van der Waals surface area contributed by atoms with Gasteiger partial charge in [0.15, 0.2) is 0 Å². The standard InChI is InChI=1S/C16H11ClN4O2S/c1-2-10-3-8-14-13(15(10)17)9-19-16(21-14)20-11-4-6-12(7-5-11)24(18,22)23/h1,3-9H,(H2,18,22,23)(H,19,20,21). The first-order chi connectivity index (χ1) is 11.4. The molecule has 0 saturated heterocycles. The predicted octanol–water partition coefficient (Wildman–Crippen LogP) is 2.66. The summed E-state index contributed by atoms with van der Waals surface area (Å²) in [4.78, 5) is 8.58. The molecule has 0 amide bonds. The molecule has 0 fully saturated rings. The third-order valence-electron chi connectivity index (χ3n) is 3.29. The van der Waals surface area contributed by atoms with Crippen LogP contribution in [0.2, 0.25) is 5.02 Å². The molecular weight excluding hydrogens is 348 g/mol. The number of hydrogen-bond acceptors (Lipinski definition) is 5. The molecule has 1 heterocycles. The van der Waals surface area contributed by atoms with E-state index >= 15 is 0 Å². The van der Waals surface area contributed by atoms with Gasteiger partial charge in [-0.25, -0.2) is 23.5 Å². The molecule has 0 saturated carbocycles. The Hall–Kier alpha value is -2.66. The van der Waals surface area contributed by atoms with Gasteiger partial charge < -0.3 is 5.32 Å². The lowest BCUT2D eigenvalue weighted by Gasteiger charge is -2.07. The van der Waals surface area contributed by atoms with Gasteiger partial charge in [0.1, 0.15) is 0 Å². The summed E-state index contributed by atoms with van der Waals surface area (Å²) in [7, 11) is -3.72. The number of primary sulfonamides is 1. The fourth-order valence-corrected chi connectivity index (χ4v) is 2.88. The van der Waals surface area contributed by atoms with E-state index in [0.717, 1.165) is 0 Å². The molecule has 1 aromatic heterocycles. The number of hydrogen-bond donors (Lipinski definition) is 2. The summed E-state index contributed by atoms with van der Waals surface area (Å²) < 4.78 is 22.5. The maximum atomic E-state index is 11.2. The van der Waals surface area contributed by atoms with Crippen molar-refractivity contribution in [3.63, 3.8) is 0 Å². The fraction of sp³-hybridized carbons (Fsp3) is 0. The molecule has 0 aliphatic rings. The monoisotopic (exact) mass is 358 g/mol. The highest BCUT2D eigenvalue weighted by molar-refractivity contribution is 7.89. The smallest absolute Gasteiger partial charge is 0.238 e. The number of anilines is 2. The van der Waals surface area contributed by atoms with Crippen molar-refractivity contribution in [2.45, 2.75) is 4.90 Å². The molecule has 0 aliphatic heterocycles. The molecule has 3 N–H and O–H groups in total. The van der Waals surface area contributed by atoms with Crippen molar-refractivity contribution < 1.29 is 8.42 Å². The lowest BCUT2D eigenvalue weighted by atomic mass is 10.1. The van der Waals surface area contributed by atoms with E-state index in [4.69, 9.17) is 23.2 Å². The van der Waals surface area contributed by atoms with Crippen LogP contribution in [0.25, 0.3) is 10.9 Å². The first-order valence-electron chi connectivity index (χ1n) is 6.70. The van der Waals surface area contributed by atoms with Crippen LogP contribution in [0.1, 0.15) is 5.56 Å². The minimum absolute atomic E-state index is 0.0288. The highest BCUT2D eigenvalue weighted by Gasteiger charge is 2.09. The zero-order valence-electron chi connectivity index (χ0n) is 12.2. The number of halogens is 1. The molecule has 0 bridgehead atoms. The van der Waals surface area contributed by atoms with Gasteiger partial charge >= 0.3 is 0 Å². The van der Waals surface area contributed by atoms with Crippen LogP contribution in [-0.4, -0.2) is 18.4 Å². The molecule has 0 aliphatic carbocycles. The van der Waals surface area contributed by atoms with Crippen LogP contribution in [-0.2, 0) is 10.0 Å². The largest absolute Gasteiger partial charge is 0.324 e. The van der Waals surface area contributed by atoms with E-state index in [1.165, 1.54) is 12.1 Å². The van der Waals surface area contributed by atoms with Crippen molar-refractivity contribution in [2.24, 2.45) is 5.14 Å². The Bertz CT molecular complexity index is 1070. The van der Waals surface area contributed by atoms with Crippen molar-refractivity contribution >= 4 is 44.2 Å². The number of nitrogens with zero attached hydrogens (tertiary/aromatic N) is 2. The number of fused-ring (bicyclic) bond motifs is 1. The van der Waals surface area contributed by atoms with Gasteiger partial charge in [-0.15, -0.1) is 6.42 Å². The van der Waals surface area contributed by atoms with Crippen LogP contribution >= 0.6 is 11.6 Å². The summed E-state index contributed by atoms with van der Waals surface area (Å²) in [5.74, 6) is 2.84. The van der Waals surface area contributed by atoms with E-state index in [1.54, 1.807) is 30.5 Å². The molecule has 0 spiro atoms. The van der Waals surface area contributed by atoms with E-state index in [1.807, 2.05) is 0 Å². The summed E-state index contributed by atoms with van der Waals surface area (Å²) in [5.41, 5.74) is 1.83. The Morgan fingerprint density at radius 1 is 1.17 bits per heavy atom. The van der Waals surface area contributed by atoms with Gasteiger partial charge in [-0.1, -0.05) is 17.5 Å². The lowest BCUT2D eigenvalue weighted by molar-refractivity contribution is 0.598. The average Bonchev–Trinajstić information content (AvgIpc) is 2.55. The Morgan fingerprint density at radius 3 is 2.50 bits per heavy atom. The van der Waals surface area contributed by atoms with Gasteiger partial charge in [0, 0.05) is 22.8 Å². The molecule has 0 atom stereocenters. The van der Waals surface area contributed by atoms with E-state index in [-0.39, 0.29) is 4.90 Å². The number of sulfonamides is 1. The Labute approximate surface area is 143 Å². The van der Waals surface area contributed by atoms with Crippen molar-refractivity contribution in [1.29, 1.82) is 0 Å². The highest BCUT2D eigenvalue weighted by atomic mass is 35.5. The van der Waals surface area contributed by atoms with Gasteiger partial charge in [-0.05, 0) is 36.4 Å². The van der Waals surface area contributed by atoms with Crippen molar-refractivity contribution in [3.05, 3.63) is 53.2 Å². The number of rotatable bonds is 3. The highest BCUT2D eigenvalue weighted by Crippen LogP contribution is 2.26. The van der Waals surface area contributed by atoms with E-state index in [9.17, 15) is 8.42 Å². The number of nitrogens with one attached hydrogen (secondary N) is 1. The number of aromatic nitrogens is 2. The molecule has 8 heteroatoms. The summed E-state index contributed by atoms with van der Waals surface area (Å²) in [5, 5.41) is 9.13. The van der Waals surface area contributed by atoms with Crippen LogP contribution in [0.3, 0.4) is 0 Å². The first kappa shape index (κ1) is 16.2. The molecule has 24 heavy (non-hydrogen) atoms. The van der Waals surface area contributed by atoms with Gasteiger partial charge in [0.2, 0.25) is 16.0 Å². The Kier molecular flexibility index (Phi) is 4.11. The molecule has 0 radical (unpaired) electrons. The topological polar surface area (TPSA) is 98.0 Å². The second-order valence-corrected chi connectivity index (χ2v) is 6.83. The van der Waals surface area contributed by atoms with Crippen LogP contribution in [0.5, 0.6) is 0 Å². The number of nitrogens with two attached hydrogens (primary N) is 1. The molecule has 3 rings (SSSR count). The Morgan fingerprint density at radius 2 is 1.88 bits per heavy atom. The molecular formula is C16H11ClN4O2S. The normalized spacial score (nSPS) is 11.2. The zero-order valence-corrected chi connectivity index (χ0v) is 13.8. The third kappa shape index (κ3) is 3.16. The van der Waals surface area contributed by atoms with Crippen molar-refractivity contribution in [2.75, 3.05) is 5.32 Å². The van der Waals surface area contributed by atoms with Crippen LogP contribution in [0.4, 0.5) is 11.6 Å². The minimum Gasteiger partial charge on any atom is -0.324 e. The second-order valence-electron chi connectivity index (χ2n) is 4.89. The van der Waals surface area contributed by atoms with Crippen LogP contribution in [0, 0.1) is 12.3 Å². The molecule has 6 nitrogen and oxygen atoms in total. The molecule has 120 valence electrons. The zero-order chi connectivity index (χ0) is 17.3.